The van der Waals surface area contributed by atoms with Gasteiger partial charge in [-0.25, -0.2) is 4.68 Å². The van der Waals surface area contributed by atoms with Crippen molar-refractivity contribution in [2.24, 2.45) is 0 Å². The Balaban J connectivity index is 1.75. The zero-order valence-corrected chi connectivity index (χ0v) is 17.8. The van der Waals surface area contributed by atoms with Crippen LogP contribution in [-0.2, 0) is 11.3 Å². The van der Waals surface area contributed by atoms with Gasteiger partial charge in [-0.05, 0) is 53.2 Å². The van der Waals surface area contributed by atoms with Gasteiger partial charge in [-0.3, -0.25) is 14.3 Å². The smallest absolute Gasteiger partial charge is 0.242 e. The molecule has 0 aliphatic rings. The lowest BCUT2D eigenvalue weighted by Crippen LogP contribution is -2.31. The van der Waals surface area contributed by atoms with E-state index in [1.807, 2.05) is 56.6 Å². The monoisotopic (exact) mass is 393 g/mol. The van der Waals surface area contributed by atoms with Crippen LogP contribution in [0.3, 0.4) is 0 Å². The van der Waals surface area contributed by atoms with Crippen LogP contribution in [0.1, 0.15) is 58.5 Å². The van der Waals surface area contributed by atoms with Crippen molar-refractivity contribution in [1.82, 2.24) is 24.9 Å². The van der Waals surface area contributed by atoms with Crippen molar-refractivity contribution >= 4 is 11.7 Å². The van der Waals surface area contributed by atoms with Gasteiger partial charge in [0, 0.05) is 17.0 Å². The SMILES string of the molecule is CC(=O)c1c(C)nn(CC(=O)N[C@H](C)c2cnn(-c3ccccc3C)c2C)c1C. The fourth-order valence-corrected chi connectivity index (χ4v) is 3.75. The molecule has 0 aliphatic carbocycles. The van der Waals surface area contributed by atoms with Crippen molar-refractivity contribution in [3.05, 3.63) is 64.2 Å². The highest BCUT2D eigenvalue weighted by Crippen LogP contribution is 2.22. The van der Waals surface area contributed by atoms with Crippen LogP contribution in [0.4, 0.5) is 0 Å². The van der Waals surface area contributed by atoms with Crippen LogP contribution >= 0.6 is 0 Å². The largest absolute Gasteiger partial charge is 0.348 e. The Morgan fingerprint density at radius 3 is 2.41 bits per heavy atom. The average Bonchev–Trinajstić information content (AvgIpc) is 3.15. The maximum Gasteiger partial charge on any atom is 0.242 e. The topological polar surface area (TPSA) is 81.8 Å². The van der Waals surface area contributed by atoms with Crippen molar-refractivity contribution in [2.45, 2.75) is 54.1 Å². The Labute approximate surface area is 170 Å². The summed E-state index contributed by atoms with van der Waals surface area (Å²) in [5.41, 5.74) is 6.03. The summed E-state index contributed by atoms with van der Waals surface area (Å²) in [7, 11) is 0. The zero-order chi connectivity index (χ0) is 21.3. The number of rotatable bonds is 6. The molecular formula is C22H27N5O2. The van der Waals surface area contributed by atoms with Gasteiger partial charge in [0.05, 0.1) is 29.2 Å². The van der Waals surface area contributed by atoms with Crippen LogP contribution in [0.15, 0.2) is 30.5 Å². The number of amides is 1. The first kappa shape index (κ1) is 20.5. The van der Waals surface area contributed by atoms with E-state index < -0.39 is 0 Å². The van der Waals surface area contributed by atoms with Gasteiger partial charge in [0.1, 0.15) is 6.54 Å². The molecule has 7 heteroatoms. The molecule has 1 N–H and O–H groups in total. The van der Waals surface area contributed by atoms with Crippen molar-refractivity contribution in [3.8, 4) is 5.69 Å². The number of hydrogen-bond donors (Lipinski definition) is 1. The molecule has 1 aromatic carbocycles. The third kappa shape index (κ3) is 3.99. The van der Waals surface area contributed by atoms with Crippen molar-refractivity contribution < 1.29 is 9.59 Å². The first-order valence-corrected chi connectivity index (χ1v) is 9.65. The van der Waals surface area contributed by atoms with Crippen LogP contribution in [0, 0.1) is 27.7 Å². The van der Waals surface area contributed by atoms with E-state index in [0.717, 1.165) is 22.5 Å². The van der Waals surface area contributed by atoms with Crippen LogP contribution < -0.4 is 5.32 Å². The maximum atomic E-state index is 12.6. The third-order valence-electron chi connectivity index (χ3n) is 5.26. The number of nitrogens with one attached hydrogen (secondary N) is 1. The number of nitrogens with zero attached hydrogens (tertiary/aromatic N) is 4. The van der Waals surface area contributed by atoms with Crippen LogP contribution in [0.2, 0.25) is 0 Å². The summed E-state index contributed by atoms with van der Waals surface area (Å²) in [5.74, 6) is -0.208. The number of Topliss-reactive ketones (excluding diaryl/α,β-unsaturated/α-hetero) is 1. The molecule has 1 atom stereocenters. The van der Waals surface area contributed by atoms with Crippen molar-refractivity contribution in [1.29, 1.82) is 0 Å². The summed E-state index contributed by atoms with van der Waals surface area (Å²) in [6, 6.07) is 7.85. The van der Waals surface area contributed by atoms with E-state index in [-0.39, 0.29) is 24.3 Å². The first-order valence-electron chi connectivity index (χ1n) is 9.65. The van der Waals surface area contributed by atoms with E-state index in [9.17, 15) is 9.59 Å². The van der Waals surface area contributed by atoms with E-state index >= 15 is 0 Å². The standard InChI is InChI=1S/C22H27N5O2/c1-13-9-7-8-10-20(13)27-16(4)19(11-23-27)14(2)24-21(29)12-26-17(5)22(18(6)28)15(3)25-26/h7-11,14H,12H2,1-6H3,(H,24,29)/t14-/m1/s1. The Bertz CT molecular complexity index is 1080. The summed E-state index contributed by atoms with van der Waals surface area (Å²) >= 11 is 0. The number of benzene rings is 1. The molecule has 0 unspecified atom stereocenters. The number of aromatic nitrogens is 4. The van der Waals surface area contributed by atoms with E-state index in [1.165, 1.54) is 6.92 Å². The number of para-hydroxylation sites is 1. The van der Waals surface area contributed by atoms with Gasteiger partial charge in [-0.15, -0.1) is 0 Å². The molecule has 2 heterocycles. The summed E-state index contributed by atoms with van der Waals surface area (Å²) in [4.78, 5) is 24.4. The second-order valence-corrected chi connectivity index (χ2v) is 7.43. The summed E-state index contributed by atoms with van der Waals surface area (Å²) in [5, 5.41) is 11.9. The van der Waals surface area contributed by atoms with E-state index in [1.54, 1.807) is 17.8 Å². The van der Waals surface area contributed by atoms with Gasteiger partial charge < -0.3 is 5.32 Å². The molecule has 3 rings (SSSR count). The lowest BCUT2D eigenvalue weighted by molar-refractivity contribution is -0.122. The fourth-order valence-electron chi connectivity index (χ4n) is 3.75. The van der Waals surface area contributed by atoms with E-state index in [4.69, 9.17) is 0 Å². The predicted octanol–water partition coefficient (Wildman–Crippen LogP) is 3.38. The highest BCUT2D eigenvalue weighted by atomic mass is 16.2. The number of ketones is 1. The number of carbonyl (C=O) groups excluding carboxylic acids is 2. The molecule has 29 heavy (non-hydrogen) atoms. The molecule has 152 valence electrons. The second kappa shape index (κ2) is 8.03. The molecule has 0 spiro atoms. The highest BCUT2D eigenvalue weighted by molar-refractivity contribution is 5.96. The lowest BCUT2D eigenvalue weighted by atomic mass is 10.1. The van der Waals surface area contributed by atoms with Crippen LogP contribution in [0.25, 0.3) is 5.69 Å². The van der Waals surface area contributed by atoms with Crippen molar-refractivity contribution in [2.75, 3.05) is 0 Å². The fraction of sp³-hybridized carbons (Fsp3) is 0.364. The zero-order valence-electron chi connectivity index (χ0n) is 17.8. The molecule has 0 saturated carbocycles. The molecule has 0 radical (unpaired) electrons. The minimum absolute atomic E-state index is 0.0423. The van der Waals surface area contributed by atoms with Crippen molar-refractivity contribution in [3.63, 3.8) is 0 Å². The molecule has 2 aromatic heterocycles. The van der Waals surface area contributed by atoms with Crippen LogP contribution in [0.5, 0.6) is 0 Å². The molecule has 7 nitrogen and oxygen atoms in total. The lowest BCUT2D eigenvalue weighted by Gasteiger charge is -2.15. The quantitative estimate of drug-likeness (QED) is 0.651. The predicted molar refractivity (Wildman–Crippen MR) is 111 cm³/mol. The molecule has 0 bridgehead atoms. The Morgan fingerprint density at radius 1 is 1.10 bits per heavy atom. The molecule has 3 aromatic rings. The Hall–Kier alpha value is -3.22. The molecular weight excluding hydrogens is 366 g/mol. The second-order valence-electron chi connectivity index (χ2n) is 7.43. The van der Waals surface area contributed by atoms with Gasteiger partial charge in [-0.2, -0.15) is 10.2 Å². The van der Waals surface area contributed by atoms with Gasteiger partial charge in [0.25, 0.3) is 0 Å². The minimum atomic E-state index is -0.204. The third-order valence-corrected chi connectivity index (χ3v) is 5.26. The highest BCUT2D eigenvalue weighted by Gasteiger charge is 2.20. The maximum absolute atomic E-state index is 12.6. The summed E-state index contributed by atoms with van der Waals surface area (Å²) in [6.07, 6.45) is 1.80. The summed E-state index contributed by atoms with van der Waals surface area (Å²) in [6.45, 7) is 11.1. The van der Waals surface area contributed by atoms with Gasteiger partial charge in [-0.1, -0.05) is 18.2 Å². The molecule has 1 amide bonds. The molecule has 0 fully saturated rings. The van der Waals surface area contributed by atoms with E-state index in [0.29, 0.717) is 17.0 Å². The van der Waals surface area contributed by atoms with Crippen LogP contribution in [-0.4, -0.2) is 31.3 Å². The number of hydrogen-bond acceptors (Lipinski definition) is 4. The number of carbonyl (C=O) groups is 2. The van der Waals surface area contributed by atoms with Gasteiger partial charge in [0.2, 0.25) is 5.91 Å². The average molecular weight is 393 g/mol. The molecule has 0 aliphatic heterocycles. The first-order chi connectivity index (χ1) is 13.7. The van der Waals surface area contributed by atoms with Gasteiger partial charge >= 0.3 is 0 Å². The number of aryl methyl sites for hydroxylation is 2. The molecule has 0 saturated heterocycles. The Morgan fingerprint density at radius 2 is 1.79 bits per heavy atom. The van der Waals surface area contributed by atoms with E-state index in [2.05, 4.69) is 15.5 Å². The Kier molecular flexibility index (Phi) is 5.68. The minimum Gasteiger partial charge on any atom is -0.348 e. The van der Waals surface area contributed by atoms with Gasteiger partial charge in [0.15, 0.2) is 5.78 Å². The summed E-state index contributed by atoms with van der Waals surface area (Å²) < 4.78 is 3.48. The normalized spacial score (nSPS) is 12.1.